The third kappa shape index (κ3) is 17.9. The lowest BCUT2D eigenvalue weighted by Crippen LogP contribution is -2.30. The quantitative estimate of drug-likeness (QED) is 0.272. The minimum absolute atomic E-state index is 0.102. The van der Waals surface area contributed by atoms with Gasteiger partial charge in [-0.1, -0.05) is 96.8 Å². The molecule has 0 aliphatic rings. The van der Waals surface area contributed by atoms with Gasteiger partial charge in [0.15, 0.2) is 6.29 Å². The maximum absolute atomic E-state index is 11.7. The number of nitrogens with two attached hydrogens (primary N) is 1. The van der Waals surface area contributed by atoms with Gasteiger partial charge in [-0.25, -0.2) is 0 Å². The van der Waals surface area contributed by atoms with E-state index in [9.17, 15) is 9.59 Å². The summed E-state index contributed by atoms with van der Waals surface area (Å²) in [5.41, 5.74) is 5.74. The standard InChI is InChI=1S/C22H42NO2/c1-2-3-4-5-6-7-8-9-10-11-12-13-14-15-16-19-22(25)21(23)18-17-20-24/h21H,2-19,23H2,1H3. The smallest absolute Gasteiger partial charge is 0.198 e. The summed E-state index contributed by atoms with van der Waals surface area (Å²) in [4.78, 5) is 21.9. The fraction of sp³-hybridized carbons (Fsp3) is 0.909. The molecule has 0 aliphatic heterocycles. The number of ketones is 1. The summed E-state index contributed by atoms with van der Waals surface area (Å²) in [5.74, 6) is 0.102. The van der Waals surface area contributed by atoms with Crippen LogP contribution in [0.25, 0.3) is 0 Å². The molecule has 0 bridgehead atoms. The van der Waals surface area contributed by atoms with Gasteiger partial charge >= 0.3 is 0 Å². The van der Waals surface area contributed by atoms with Crippen molar-refractivity contribution in [1.82, 2.24) is 0 Å². The van der Waals surface area contributed by atoms with E-state index in [0.29, 0.717) is 12.8 Å². The summed E-state index contributed by atoms with van der Waals surface area (Å²) in [7, 11) is 0. The molecule has 0 saturated heterocycles. The largest absolute Gasteiger partial charge is 0.321 e. The molecule has 0 aromatic heterocycles. The summed E-state index contributed by atoms with van der Waals surface area (Å²) in [6.07, 6.45) is 23.0. The molecule has 0 aromatic carbocycles. The molecule has 1 radical (unpaired) electrons. The molecule has 0 aromatic rings. The molecule has 25 heavy (non-hydrogen) atoms. The lowest BCUT2D eigenvalue weighted by molar-refractivity contribution is -0.120. The Bertz CT molecular complexity index is 304. The second kappa shape index (κ2) is 19.6. The Morgan fingerprint density at radius 1 is 0.760 bits per heavy atom. The number of hydrogen-bond acceptors (Lipinski definition) is 3. The number of Topliss-reactive ketones (excluding diaryl/α,β-unsaturated/α-hetero) is 1. The van der Waals surface area contributed by atoms with Gasteiger partial charge in [0, 0.05) is 12.8 Å². The lowest BCUT2D eigenvalue weighted by Gasteiger charge is -2.08. The van der Waals surface area contributed by atoms with Gasteiger partial charge in [-0.15, -0.1) is 0 Å². The molecule has 147 valence electrons. The fourth-order valence-corrected chi connectivity index (χ4v) is 3.23. The van der Waals surface area contributed by atoms with E-state index in [1.54, 1.807) is 6.29 Å². The number of hydrogen-bond donors (Lipinski definition) is 1. The molecular weight excluding hydrogens is 310 g/mol. The molecule has 0 aliphatic carbocycles. The van der Waals surface area contributed by atoms with Crippen molar-refractivity contribution in [2.45, 2.75) is 129 Å². The first-order valence-corrected chi connectivity index (χ1v) is 10.9. The highest BCUT2D eigenvalue weighted by Crippen LogP contribution is 2.14. The van der Waals surface area contributed by atoms with Crippen LogP contribution in [0.5, 0.6) is 0 Å². The molecule has 0 amide bonds. The van der Waals surface area contributed by atoms with Gasteiger partial charge in [0.1, 0.15) is 5.78 Å². The first-order valence-electron chi connectivity index (χ1n) is 10.9. The third-order valence-corrected chi connectivity index (χ3v) is 5.00. The summed E-state index contributed by atoms with van der Waals surface area (Å²) < 4.78 is 0. The van der Waals surface area contributed by atoms with E-state index in [4.69, 9.17) is 5.73 Å². The lowest BCUT2D eigenvalue weighted by atomic mass is 10.0. The van der Waals surface area contributed by atoms with Gasteiger partial charge in [0.25, 0.3) is 0 Å². The molecule has 2 N–H and O–H groups in total. The van der Waals surface area contributed by atoms with Crippen molar-refractivity contribution in [3.63, 3.8) is 0 Å². The average molecular weight is 353 g/mol. The molecule has 0 saturated carbocycles. The minimum atomic E-state index is -0.465. The van der Waals surface area contributed by atoms with Crippen molar-refractivity contribution in [2.75, 3.05) is 0 Å². The molecule has 3 nitrogen and oxygen atoms in total. The van der Waals surface area contributed by atoms with Crippen LogP contribution in [-0.4, -0.2) is 18.1 Å². The fourth-order valence-electron chi connectivity index (χ4n) is 3.23. The van der Waals surface area contributed by atoms with Crippen molar-refractivity contribution in [3.8, 4) is 0 Å². The molecule has 0 fully saturated rings. The zero-order chi connectivity index (χ0) is 18.6. The average Bonchev–Trinajstić information content (AvgIpc) is 2.62. The Kier molecular flexibility index (Phi) is 19.1. The minimum Gasteiger partial charge on any atom is -0.321 e. The Balaban J connectivity index is 3.18. The zero-order valence-electron chi connectivity index (χ0n) is 16.7. The van der Waals surface area contributed by atoms with Crippen molar-refractivity contribution in [1.29, 1.82) is 0 Å². The van der Waals surface area contributed by atoms with E-state index in [-0.39, 0.29) is 12.2 Å². The Hall–Kier alpha value is -0.700. The zero-order valence-corrected chi connectivity index (χ0v) is 16.7. The number of carbonyl (C=O) groups excluding carboxylic acids is 2. The molecule has 0 spiro atoms. The van der Waals surface area contributed by atoms with Gasteiger partial charge in [0.05, 0.1) is 6.04 Å². The van der Waals surface area contributed by atoms with Crippen LogP contribution in [0.1, 0.15) is 122 Å². The van der Waals surface area contributed by atoms with E-state index < -0.39 is 6.04 Å². The molecular formula is C22H42NO2. The van der Waals surface area contributed by atoms with Crippen molar-refractivity contribution < 1.29 is 9.59 Å². The monoisotopic (exact) mass is 352 g/mol. The van der Waals surface area contributed by atoms with Gasteiger partial charge < -0.3 is 5.73 Å². The van der Waals surface area contributed by atoms with E-state index in [0.717, 1.165) is 12.8 Å². The van der Waals surface area contributed by atoms with Crippen LogP contribution in [0, 0.1) is 0 Å². The Labute approximate surface area is 156 Å². The molecule has 1 unspecified atom stereocenters. The second-order valence-corrected chi connectivity index (χ2v) is 7.46. The van der Waals surface area contributed by atoms with Crippen LogP contribution in [0.4, 0.5) is 0 Å². The van der Waals surface area contributed by atoms with Crippen molar-refractivity contribution >= 4 is 12.1 Å². The maximum atomic E-state index is 11.7. The first kappa shape index (κ1) is 24.3. The third-order valence-electron chi connectivity index (χ3n) is 5.00. The van der Waals surface area contributed by atoms with Crippen LogP contribution in [-0.2, 0) is 9.59 Å². The van der Waals surface area contributed by atoms with Crippen LogP contribution in [0.3, 0.4) is 0 Å². The number of carbonyl (C=O) groups is 1. The Morgan fingerprint density at radius 2 is 1.16 bits per heavy atom. The highest BCUT2D eigenvalue weighted by molar-refractivity contribution is 5.83. The number of unbranched alkanes of at least 4 members (excludes halogenated alkanes) is 14. The normalized spacial score (nSPS) is 12.2. The predicted octanol–water partition coefficient (Wildman–Crippen LogP) is 6.03. The molecule has 0 rings (SSSR count). The van der Waals surface area contributed by atoms with Crippen LogP contribution >= 0.6 is 0 Å². The van der Waals surface area contributed by atoms with Crippen LogP contribution in [0.15, 0.2) is 0 Å². The van der Waals surface area contributed by atoms with Gasteiger partial charge in [-0.3, -0.25) is 9.59 Å². The summed E-state index contributed by atoms with van der Waals surface area (Å²) >= 11 is 0. The topological polar surface area (TPSA) is 60.2 Å². The molecule has 0 heterocycles. The predicted molar refractivity (Wildman–Crippen MR) is 107 cm³/mol. The second-order valence-electron chi connectivity index (χ2n) is 7.46. The van der Waals surface area contributed by atoms with E-state index in [1.807, 2.05) is 0 Å². The van der Waals surface area contributed by atoms with Crippen LogP contribution in [0.2, 0.25) is 0 Å². The van der Waals surface area contributed by atoms with Crippen molar-refractivity contribution in [2.24, 2.45) is 5.73 Å². The first-order chi connectivity index (χ1) is 12.2. The summed E-state index contributed by atoms with van der Waals surface area (Å²) in [6, 6.07) is -0.465. The summed E-state index contributed by atoms with van der Waals surface area (Å²) in [6.45, 7) is 2.27. The number of rotatable bonds is 20. The summed E-state index contributed by atoms with van der Waals surface area (Å²) in [5, 5.41) is 0. The SMILES string of the molecule is CCCCCCCCCCCCCCCCCC(=O)C(N)CC[C]=O. The van der Waals surface area contributed by atoms with Gasteiger partial charge in [-0.05, 0) is 12.8 Å². The van der Waals surface area contributed by atoms with Crippen molar-refractivity contribution in [3.05, 3.63) is 0 Å². The molecule has 1 atom stereocenters. The maximum Gasteiger partial charge on any atom is 0.198 e. The highest BCUT2D eigenvalue weighted by Gasteiger charge is 2.12. The Morgan fingerprint density at radius 3 is 1.56 bits per heavy atom. The van der Waals surface area contributed by atoms with Gasteiger partial charge in [0.2, 0.25) is 0 Å². The highest BCUT2D eigenvalue weighted by atomic mass is 16.1. The van der Waals surface area contributed by atoms with E-state index in [2.05, 4.69) is 6.92 Å². The van der Waals surface area contributed by atoms with E-state index in [1.165, 1.54) is 83.5 Å². The van der Waals surface area contributed by atoms with Gasteiger partial charge in [-0.2, -0.15) is 0 Å². The van der Waals surface area contributed by atoms with Crippen LogP contribution < -0.4 is 5.73 Å². The molecule has 3 heteroatoms. The van der Waals surface area contributed by atoms with E-state index >= 15 is 0 Å².